The zero-order valence-corrected chi connectivity index (χ0v) is 15.8. The van der Waals surface area contributed by atoms with Crippen molar-refractivity contribution in [2.75, 3.05) is 10.6 Å². The Balaban J connectivity index is 1.83. The standard InChI is InChI=1S/C21H24N4O/c1-12(2)17-8-6-7-13(3)20(17)25-21(26)24-16-9-10-18-19(11-16)23-15(5)14(4)22-18/h6-12H,1-5H3,(H2,24,25,26). The number of carbonyl (C=O) groups excluding carboxylic acids is 1. The van der Waals surface area contributed by atoms with Gasteiger partial charge in [-0.25, -0.2) is 14.8 Å². The van der Waals surface area contributed by atoms with Crippen LogP contribution >= 0.6 is 0 Å². The van der Waals surface area contributed by atoms with Gasteiger partial charge < -0.3 is 10.6 Å². The third-order valence-electron chi connectivity index (χ3n) is 4.50. The smallest absolute Gasteiger partial charge is 0.308 e. The van der Waals surface area contributed by atoms with Crippen molar-refractivity contribution in [1.29, 1.82) is 0 Å². The van der Waals surface area contributed by atoms with Crippen LogP contribution in [0.5, 0.6) is 0 Å². The van der Waals surface area contributed by atoms with Gasteiger partial charge in [0.05, 0.1) is 22.4 Å². The van der Waals surface area contributed by atoms with E-state index < -0.39 is 0 Å². The summed E-state index contributed by atoms with van der Waals surface area (Å²) in [5.74, 6) is 0.326. The van der Waals surface area contributed by atoms with Crippen molar-refractivity contribution in [3.05, 3.63) is 58.9 Å². The number of nitrogens with zero attached hydrogens (tertiary/aromatic N) is 2. The molecule has 0 saturated carbocycles. The van der Waals surface area contributed by atoms with Crippen molar-refractivity contribution in [3.8, 4) is 0 Å². The van der Waals surface area contributed by atoms with Gasteiger partial charge in [0, 0.05) is 11.4 Å². The molecule has 2 N–H and O–H groups in total. The summed E-state index contributed by atoms with van der Waals surface area (Å²) in [6.07, 6.45) is 0. The number of aromatic nitrogens is 2. The molecular formula is C21H24N4O. The number of urea groups is 1. The number of anilines is 2. The number of hydrogen-bond acceptors (Lipinski definition) is 3. The first kappa shape index (κ1) is 17.9. The number of benzene rings is 2. The molecule has 134 valence electrons. The van der Waals surface area contributed by atoms with Gasteiger partial charge in [0.25, 0.3) is 0 Å². The fraction of sp³-hybridized carbons (Fsp3) is 0.286. The quantitative estimate of drug-likeness (QED) is 0.673. The summed E-state index contributed by atoms with van der Waals surface area (Å²) in [7, 11) is 0. The van der Waals surface area contributed by atoms with E-state index in [0.29, 0.717) is 11.6 Å². The van der Waals surface area contributed by atoms with Crippen LogP contribution in [0.2, 0.25) is 0 Å². The molecule has 0 saturated heterocycles. The fourth-order valence-electron chi connectivity index (χ4n) is 2.93. The number of amides is 2. The van der Waals surface area contributed by atoms with E-state index in [-0.39, 0.29) is 6.03 Å². The molecular weight excluding hydrogens is 324 g/mol. The predicted molar refractivity (Wildman–Crippen MR) is 107 cm³/mol. The number of para-hydroxylation sites is 1. The molecule has 0 aliphatic rings. The highest BCUT2D eigenvalue weighted by molar-refractivity contribution is 6.01. The van der Waals surface area contributed by atoms with Crippen molar-refractivity contribution in [2.24, 2.45) is 0 Å². The van der Waals surface area contributed by atoms with E-state index in [2.05, 4.69) is 34.4 Å². The summed E-state index contributed by atoms with van der Waals surface area (Å²) >= 11 is 0. The summed E-state index contributed by atoms with van der Waals surface area (Å²) < 4.78 is 0. The maximum atomic E-state index is 12.5. The number of aryl methyl sites for hydroxylation is 3. The lowest BCUT2D eigenvalue weighted by atomic mass is 9.98. The Labute approximate surface area is 153 Å². The van der Waals surface area contributed by atoms with Crippen molar-refractivity contribution in [1.82, 2.24) is 9.97 Å². The summed E-state index contributed by atoms with van der Waals surface area (Å²) in [5.41, 5.74) is 7.11. The number of hydrogen-bond donors (Lipinski definition) is 2. The molecule has 0 radical (unpaired) electrons. The lowest BCUT2D eigenvalue weighted by molar-refractivity contribution is 0.262. The minimum Gasteiger partial charge on any atom is -0.308 e. The second-order valence-corrected chi connectivity index (χ2v) is 6.87. The minimum absolute atomic E-state index is 0.266. The first-order chi connectivity index (χ1) is 12.3. The van der Waals surface area contributed by atoms with Gasteiger partial charge in [-0.05, 0) is 56.0 Å². The van der Waals surface area contributed by atoms with E-state index >= 15 is 0 Å². The highest BCUT2D eigenvalue weighted by atomic mass is 16.2. The SMILES string of the molecule is Cc1cccc(C(C)C)c1NC(=O)Nc1ccc2nc(C)c(C)nc2c1. The van der Waals surface area contributed by atoms with Gasteiger partial charge in [-0.2, -0.15) is 0 Å². The van der Waals surface area contributed by atoms with Gasteiger partial charge in [-0.15, -0.1) is 0 Å². The van der Waals surface area contributed by atoms with Crippen LogP contribution < -0.4 is 10.6 Å². The van der Waals surface area contributed by atoms with Gasteiger partial charge in [0.15, 0.2) is 0 Å². The molecule has 5 heteroatoms. The van der Waals surface area contributed by atoms with Crippen molar-refractivity contribution >= 4 is 28.4 Å². The Morgan fingerprint density at radius 2 is 1.62 bits per heavy atom. The van der Waals surface area contributed by atoms with E-state index in [4.69, 9.17) is 0 Å². The number of fused-ring (bicyclic) bond motifs is 1. The Morgan fingerprint density at radius 1 is 0.923 bits per heavy atom. The molecule has 0 aliphatic carbocycles. The Morgan fingerprint density at radius 3 is 2.31 bits per heavy atom. The van der Waals surface area contributed by atoms with E-state index in [0.717, 1.165) is 39.2 Å². The number of carbonyl (C=O) groups is 1. The minimum atomic E-state index is -0.266. The highest BCUT2D eigenvalue weighted by Gasteiger charge is 2.12. The zero-order chi connectivity index (χ0) is 18.8. The van der Waals surface area contributed by atoms with Crippen LogP contribution in [0.15, 0.2) is 36.4 Å². The monoisotopic (exact) mass is 348 g/mol. The summed E-state index contributed by atoms with van der Waals surface area (Å²) in [4.78, 5) is 21.6. The summed E-state index contributed by atoms with van der Waals surface area (Å²) in [5, 5.41) is 5.88. The second kappa shape index (κ2) is 7.12. The fourth-order valence-corrected chi connectivity index (χ4v) is 2.93. The molecule has 0 bridgehead atoms. The van der Waals surface area contributed by atoms with Gasteiger partial charge >= 0.3 is 6.03 Å². The molecule has 0 spiro atoms. The highest BCUT2D eigenvalue weighted by Crippen LogP contribution is 2.27. The molecule has 2 amide bonds. The molecule has 2 aromatic carbocycles. The number of nitrogens with one attached hydrogen (secondary N) is 2. The molecule has 0 atom stereocenters. The molecule has 5 nitrogen and oxygen atoms in total. The van der Waals surface area contributed by atoms with Crippen molar-refractivity contribution in [2.45, 2.75) is 40.5 Å². The third kappa shape index (κ3) is 3.67. The molecule has 1 aromatic heterocycles. The Bertz CT molecular complexity index is 979. The van der Waals surface area contributed by atoms with Crippen molar-refractivity contribution in [3.63, 3.8) is 0 Å². The van der Waals surface area contributed by atoms with E-state index in [1.165, 1.54) is 0 Å². The molecule has 0 unspecified atom stereocenters. The van der Waals surface area contributed by atoms with Crippen LogP contribution in [0.1, 0.15) is 42.3 Å². The van der Waals surface area contributed by atoms with Gasteiger partial charge in [-0.1, -0.05) is 32.0 Å². The molecule has 1 heterocycles. The molecule has 0 aliphatic heterocycles. The van der Waals surface area contributed by atoms with Crippen LogP contribution in [-0.4, -0.2) is 16.0 Å². The van der Waals surface area contributed by atoms with Crippen LogP contribution in [0.3, 0.4) is 0 Å². The molecule has 3 aromatic rings. The third-order valence-corrected chi connectivity index (χ3v) is 4.50. The summed E-state index contributed by atoms with van der Waals surface area (Å²) in [6, 6.07) is 11.3. The van der Waals surface area contributed by atoms with Crippen molar-refractivity contribution < 1.29 is 4.79 Å². The Hall–Kier alpha value is -2.95. The summed E-state index contributed by atoms with van der Waals surface area (Å²) in [6.45, 7) is 10.1. The molecule has 0 fully saturated rings. The van der Waals surface area contributed by atoms with Crippen LogP contribution in [-0.2, 0) is 0 Å². The maximum Gasteiger partial charge on any atom is 0.323 e. The Kier molecular flexibility index (Phi) is 4.89. The molecule has 3 rings (SSSR count). The van der Waals surface area contributed by atoms with Gasteiger partial charge in [0.2, 0.25) is 0 Å². The van der Waals surface area contributed by atoms with E-state index in [1.807, 2.05) is 57.2 Å². The lowest BCUT2D eigenvalue weighted by Crippen LogP contribution is -2.21. The van der Waals surface area contributed by atoms with E-state index in [1.54, 1.807) is 0 Å². The van der Waals surface area contributed by atoms with Crippen LogP contribution in [0, 0.1) is 20.8 Å². The van der Waals surface area contributed by atoms with Gasteiger partial charge in [0.1, 0.15) is 0 Å². The predicted octanol–water partition coefficient (Wildman–Crippen LogP) is 5.32. The van der Waals surface area contributed by atoms with E-state index in [9.17, 15) is 4.79 Å². The average molecular weight is 348 g/mol. The van der Waals surface area contributed by atoms with Crippen LogP contribution in [0.4, 0.5) is 16.2 Å². The average Bonchev–Trinajstić information content (AvgIpc) is 2.57. The zero-order valence-electron chi connectivity index (χ0n) is 15.8. The normalized spacial score (nSPS) is 11.0. The first-order valence-electron chi connectivity index (χ1n) is 8.77. The van der Waals surface area contributed by atoms with Gasteiger partial charge in [-0.3, -0.25) is 0 Å². The lowest BCUT2D eigenvalue weighted by Gasteiger charge is -2.17. The largest absolute Gasteiger partial charge is 0.323 e. The topological polar surface area (TPSA) is 66.9 Å². The van der Waals surface area contributed by atoms with Crippen LogP contribution in [0.25, 0.3) is 11.0 Å². The maximum absolute atomic E-state index is 12.5. The molecule has 26 heavy (non-hydrogen) atoms. The first-order valence-corrected chi connectivity index (χ1v) is 8.77. The second-order valence-electron chi connectivity index (χ2n) is 6.87. The number of rotatable bonds is 3.